The molecular formula is C25H19Cl2NO4. The first-order chi connectivity index (χ1) is 15.4. The highest BCUT2D eigenvalue weighted by atomic mass is 35.5. The fraction of sp³-hybridized carbons (Fsp3) is 0.120. The minimum Gasteiger partial charge on any atom is -0.493 e. The molecule has 0 heterocycles. The summed E-state index contributed by atoms with van der Waals surface area (Å²) >= 11 is 11.9. The molecule has 162 valence electrons. The monoisotopic (exact) mass is 467 g/mol. The normalized spacial score (nSPS) is 10.9. The summed E-state index contributed by atoms with van der Waals surface area (Å²) in [5, 5.41) is 10.7. The second-order valence-electron chi connectivity index (χ2n) is 6.76. The average Bonchev–Trinajstić information content (AvgIpc) is 2.79. The molecule has 0 fully saturated rings. The lowest BCUT2D eigenvalue weighted by molar-refractivity contribution is -0.136. The van der Waals surface area contributed by atoms with Crippen LogP contribution in [0.4, 0.5) is 0 Å². The van der Waals surface area contributed by atoms with E-state index in [2.05, 4.69) is 6.07 Å². The Labute approximate surface area is 196 Å². The van der Waals surface area contributed by atoms with Gasteiger partial charge >= 0.3 is 5.97 Å². The van der Waals surface area contributed by atoms with Gasteiger partial charge in [-0.1, -0.05) is 41.4 Å². The highest BCUT2D eigenvalue weighted by Crippen LogP contribution is 2.30. The van der Waals surface area contributed by atoms with Crippen molar-refractivity contribution in [3.8, 4) is 23.3 Å². The van der Waals surface area contributed by atoms with Crippen LogP contribution in [0, 0.1) is 18.3 Å². The largest absolute Gasteiger partial charge is 0.493 e. The van der Waals surface area contributed by atoms with Crippen molar-refractivity contribution in [2.75, 3.05) is 13.7 Å². The molecule has 0 N–H and O–H groups in total. The summed E-state index contributed by atoms with van der Waals surface area (Å²) in [5.41, 5.74) is 2.75. The van der Waals surface area contributed by atoms with E-state index in [0.29, 0.717) is 32.7 Å². The average molecular weight is 468 g/mol. The summed E-state index contributed by atoms with van der Waals surface area (Å²) < 4.78 is 16.2. The van der Waals surface area contributed by atoms with E-state index in [1.807, 2.05) is 6.92 Å². The molecule has 32 heavy (non-hydrogen) atoms. The molecule has 0 atom stereocenters. The van der Waals surface area contributed by atoms with Gasteiger partial charge < -0.3 is 14.2 Å². The molecule has 0 unspecified atom stereocenters. The predicted molar refractivity (Wildman–Crippen MR) is 125 cm³/mol. The molecule has 0 amide bonds. The third-order valence-electron chi connectivity index (χ3n) is 4.48. The van der Waals surface area contributed by atoms with Gasteiger partial charge in [0, 0.05) is 10.0 Å². The van der Waals surface area contributed by atoms with Crippen LogP contribution < -0.4 is 14.2 Å². The Morgan fingerprint density at radius 3 is 2.44 bits per heavy atom. The number of halogens is 2. The van der Waals surface area contributed by atoms with Crippen molar-refractivity contribution in [2.24, 2.45) is 0 Å². The Morgan fingerprint density at radius 1 is 1.03 bits per heavy atom. The van der Waals surface area contributed by atoms with Gasteiger partial charge in [-0.3, -0.25) is 0 Å². The molecule has 0 bridgehead atoms. The number of hydrogen-bond acceptors (Lipinski definition) is 5. The summed E-state index contributed by atoms with van der Waals surface area (Å²) in [6.45, 7) is 1.57. The first-order valence-corrected chi connectivity index (χ1v) is 10.3. The van der Waals surface area contributed by atoms with Gasteiger partial charge in [0.05, 0.1) is 18.8 Å². The van der Waals surface area contributed by atoms with Crippen LogP contribution in [0.1, 0.15) is 16.7 Å². The lowest BCUT2D eigenvalue weighted by Gasteiger charge is -2.11. The Morgan fingerprint density at radius 2 is 1.78 bits per heavy atom. The van der Waals surface area contributed by atoms with E-state index < -0.39 is 5.97 Å². The number of esters is 1. The van der Waals surface area contributed by atoms with Gasteiger partial charge in [-0.2, -0.15) is 5.26 Å². The molecule has 0 saturated heterocycles. The highest BCUT2D eigenvalue weighted by Gasteiger charge is 2.12. The molecule has 0 spiro atoms. The van der Waals surface area contributed by atoms with Crippen molar-refractivity contribution in [3.63, 3.8) is 0 Å². The van der Waals surface area contributed by atoms with E-state index >= 15 is 0 Å². The van der Waals surface area contributed by atoms with Crippen LogP contribution in [-0.4, -0.2) is 19.7 Å². The molecule has 3 aromatic carbocycles. The number of methoxy groups -OCH3 is 1. The maximum atomic E-state index is 12.2. The van der Waals surface area contributed by atoms with E-state index in [1.54, 1.807) is 66.7 Å². The lowest BCUT2D eigenvalue weighted by atomic mass is 10.0. The molecule has 0 aliphatic heterocycles. The summed E-state index contributed by atoms with van der Waals surface area (Å²) in [6, 6.07) is 19.3. The number of nitriles is 1. The lowest BCUT2D eigenvalue weighted by Crippen LogP contribution is -2.18. The number of benzene rings is 3. The zero-order valence-corrected chi connectivity index (χ0v) is 18.9. The number of nitrogens with zero attached hydrogens (tertiary/aromatic N) is 1. The number of ether oxygens (including phenoxy) is 3. The summed E-state index contributed by atoms with van der Waals surface area (Å²) in [6.07, 6.45) is 1.71. The van der Waals surface area contributed by atoms with Crippen LogP contribution in [0.25, 0.3) is 11.6 Å². The van der Waals surface area contributed by atoms with Gasteiger partial charge in [0.2, 0.25) is 0 Å². The summed E-state index contributed by atoms with van der Waals surface area (Å²) in [7, 11) is 1.47. The quantitative estimate of drug-likeness (QED) is 0.175. The second-order valence-corrected chi connectivity index (χ2v) is 7.60. The number of carbonyl (C=O) groups is 1. The van der Waals surface area contributed by atoms with Gasteiger partial charge in [0.1, 0.15) is 5.75 Å². The Kier molecular flexibility index (Phi) is 7.77. The van der Waals surface area contributed by atoms with Crippen molar-refractivity contribution in [1.82, 2.24) is 0 Å². The van der Waals surface area contributed by atoms with Crippen LogP contribution >= 0.6 is 23.2 Å². The van der Waals surface area contributed by atoms with Crippen molar-refractivity contribution in [3.05, 3.63) is 87.4 Å². The molecule has 0 aliphatic rings. The minimum atomic E-state index is -0.585. The van der Waals surface area contributed by atoms with Crippen molar-refractivity contribution in [1.29, 1.82) is 5.26 Å². The van der Waals surface area contributed by atoms with Crippen LogP contribution in [0.3, 0.4) is 0 Å². The number of allylic oxidation sites excluding steroid dienone is 1. The molecule has 3 aromatic rings. The molecule has 3 rings (SSSR count). The van der Waals surface area contributed by atoms with Crippen molar-refractivity contribution in [2.45, 2.75) is 6.92 Å². The number of hydrogen-bond donors (Lipinski definition) is 0. The second kappa shape index (κ2) is 10.7. The Bertz CT molecular complexity index is 1200. The van der Waals surface area contributed by atoms with Gasteiger partial charge in [-0.15, -0.1) is 0 Å². The van der Waals surface area contributed by atoms with E-state index in [9.17, 15) is 10.1 Å². The van der Waals surface area contributed by atoms with Crippen LogP contribution in [0.5, 0.6) is 17.2 Å². The zero-order valence-electron chi connectivity index (χ0n) is 17.4. The van der Waals surface area contributed by atoms with Gasteiger partial charge in [-0.05, 0) is 72.2 Å². The van der Waals surface area contributed by atoms with Crippen molar-refractivity contribution >= 4 is 40.8 Å². The fourth-order valence-corrected chi connectivity index (χ4v) is 3.08. The number of carbonyl (C=O) groups excluding carboxylic acids is 1. The van der Waals surface area contributed by atoms with Gasteiger partial charge in [0.25, 0.3) is 0 Å². The van der Waals surface area contributed by atoms with Crippen molar-refractivity contribution < 1.29 is 19.0 Å². The SMILES string of the molecule is COc1cc(C=C(C#N)c2ccc(Cl)cc2)ccc1OC(=O)COc1ccc(Cl)c(C)c1. The summed E-state index contributed by atoms with van der Waals surface area (Å²) in [4.78, 5) is 12.2. The highest BCUT2D eigenvalue weighted by molar-refractivity contribution is 6.31. The van der Waals surface area contributed by atoms with E-state index in [0.717, 1.165) is 11.1 Å². The molecular weight excluding hydrogens is 449 g/mol. The van der Waals surface area contributed by atoms with Crippen LogP contribution in [0.15, 0.2) is 60.7 Å². The first-order valence-electron chi connectivity index (χ1n) is 9.55. The van der Waals surface area contributed by atoms with Gasteiger partial charge in [0.15, 0.2) is 18.1 Å². The maximum absolute atomic E-state index is 12.2. The van der Waals surface area contributed by atoms with Crippen LogP contribution in [-0.2, 0) is 4.79 Å². The molecule has 0 aliphatic carbocycles. The minimum absolute atomic E-state index is 0.246. The van der Waals surface area contributed by atoms with E-state index in [1.165, 1.54) is 7.11 Å². The fourth-order valence-electron chi connectivity index (χ4n) is 2.84. The first kappa shape index (κ1) is 23.2. The number of rotatable bonds is 7. The molecule has 0 saturated carbocycles. The topological polar surface area (TPSA) is 68.5 Å². The number of aryl methyl sites for hydroxylation is 1. The molecule has 0 aromatic heterocycles. The predicted octanol–water partition coefficient (Wildman–Crippen LogP) is 6.36. The third-order valence-corrected chi connectivity index (χ3v) is 5.16. The Balaban J connectivity index is 1.71. The molecule has 5 nitrogen and oxygen atoms in total. The van der Waals surface area contributed by atoms with Gasteiger partial charge in [-0.25, -0.2) is 4.79 Å². The molecule has 0 radical (unpaired) electrons. The maximum Gasteiger partial charge on any atom is 0.349 e. The Hall–Kier alpha value is -3.46. The zero-order chi connectivity index (χ0) is 23.1. The van der Waals surface area contributed by atoms with Crippen LogP contribution in [0.2, 0.25) is 10.0 Å². The standard InChI is InChI=1S/C25H19Cl2NO4/c1-16-11-21(8-9-22(16)27)31-15-25(29)32-23-10-3-17(13-24(23)30-2)12-19(14-28)18-4-6-20(26)7-5-18/h3-13H,15H2,1-2H3. The smallest absolute Gasteiger partial charge is 0.349 e. The van der Waals surface area contributed by atoms with E-state index in [-0.39, 0.29) is 12.4 Å². The van der Waals surface area contributed by atoms with E-state index in [4.69, 9.17) is 37.4 Å². The summed E-state index contributed by atoms with van der Waals surface area (Å²) in [5.74, 6) is 0.527. The third kappa shape index (κ3) is 6.04. The molecule has 7 heteroatoms.